The first-order chi connectivity index (χ1) is 5.70. The summed E-state index contributed by atoms with van der Waals surface area (Å²) >= 11 is 0. The predicted octanol–water partition coefficient (Wildman–Crippen LogP) is -0.748. The molecule has 0 spiro atoms. The lowest BCUT2D eigenvalue weighted by Crippen LogP contribution is -2.10. The minimum absolute atomic E-state index is 0.278. The maximum atomic E-state index is 9.77. The summed E-state index contributed by atoms with van der Waals surface area (Å²) in [6, 6.07) is 0. The molecule has 6 nitrogen and oxygen atoms in total. The Kier molecular flexibility index (Phi) is 5.20. The summed E-state index contributed by atoms with van der Waals surface area (Å²) in [7, 11) is 0. The van der Waals surface area contributed by atoms with Gasteiger partial charge in [-0.15, -0.1) is 0 Å². The summed E-state index contributed by atoms with van der Waals surface area (Å²) in [6.45, 7) is -0.278. The van der Waals surface area contributed by atoms with Crippen LogP contribution < -0.4 is 5.73 Å². The van der Waals surface area contributed by atoms with E-state index in [1.54, 1.807) is 6.20 Å². The van der Waals surface area contributed by atoms with Gasteiger partial charge in [0.25, 0.3) is 0 Å². The zero-order chi connectivity index (χ0) is 9.40. The first-order valence-corrected chi connectivity index (χ1v) is 3.07. The number of carbonyl (C=O) groups is 2. The number of aromatic amines is 1. The number of nitrogens with one attached hydrogen (secondary N) is 1. The Morgan fingerprint density at radius 1 is 1.83 bits per heavy atom. The number of nitrogens with two attached hydrogens (primary N) is 1. The molecule has 12 heavy (non-hydrogen) atoms. The zero-order valence-corrected chi connectivity index (χ0v) is 6.23. The molecule has 0 aliphatic carbocycles. The van der Waals surface area contributed by atoms with Crippen LogP contribution in [0, 0.1) is 0 Å². The molecule has 0 aliphatic heterocycles. The molecule has 0 aliphatic rings. The van der Waals surface area contributed by atoms with Crippen LogP contribution in [-0.4, -0.2) is 33.9 Å². The first-order valence-electron chi connectivity index (χ1n) is 3.07. The highest BCUT2D eigenvalue weighted by Gasteiger charge is 1.83. The maximum absolute atomic E-state index is 9.77. The standard InChI is InChI=1S/C4H4N2O.C2H5NO2/c7-3-4-5-1-2-6-4;3-1-2(4)5/h1-3H,(H,5,6);1,3H2,(H,4,5). The van der Waals surface area contributed by atoms with Crippen LogP contribution in [0.3, 0.4) is 0 Å². The summed E-state index contributed by atoms with van der Waals surface area (Å²) in [6.07, 6.45) is 3.80. The first kappa shape index (κ1) is 10.3. The highest BCUT2D eigenvalue weighted by molar-refractivity contribution is 5.68. The number of carboxylic acids is 1. The van der Waals surface area contributed by atoms with Crippen molar-refractivity contribution in [2.24, 2.45) is 5.73 Å². The number of carbonyl (C=O) groups excluding carboxylic acids is 1. The van der Waals surface area contributed by atoms with E-state index < -0.39 is 5.97 Å². The van der Waals surface area contributed by atoms with Gasteiger partial charge in [0, 0.05) is 12.4 Å². The topological polar surface area (TPSA) is 109 Å². The van der Waals surface area contributed by atoms with Crippen molar-refractivity contribution in [2.75, 3.05) is 6.54 Å². The third-order valence-corrected chi connectivity index (χ3v) is 0.806. The van der Waals surface area contributed by atoms with Gasteiger partial charge in [-0.25, -0.2) is 4.98 Å². The van der Waals surface area contributed by atoms with Gasteiger partial charge in [0.15, 0.2) is 12.1 Å². The van der Waals surface area contributed by atoms with Gasteiger partial charge in [-0.2, -0.15) is 0 Å². The molecule has 1 rings (SSSR count). The number of H-pyrrole nitrogens is 1. The van der Waals surface area contributed by atoms with E-state index in [1.807, 2.05) is 0 Å². The maximum Gasteiger partial charge on any atom is 0.317 e. The molecule has 0 saturated heterocycles. The van der Waals surface area contributed by atoms with E-state index >= 15 is 0 Å². The van der Waals surface area contributed by atoms with Crippen LogP contribution in [0.2, 0.25) is 0 Å². The quantitative estimate of drug-likeness (QED) is 0.507. The molecule has 1 aromatic heterocycles. The van der Waals surface area contributed by atoms with Gasteiger partial charge in [-0.3, -0.25) is 9.59 Å². The molecule has 0 radical (unpaired) electrons. The average Bonchev–Trinajstić information content (AvgIpc) is 2.57. The summed E-state index contributed by atoms with van der Waals surface area (Å²) in [5.41, 5.74) is 4.57. The van der Waals surface area contributed by atoms with Gasteiger partial charge >= 0.3 is 5.97 Å². The van der Waals surface area contributed by atoms with E-state index in [4.69, 9.17) is 5.11 Å². The van der Waals surface area contributed by atoms with Gasteiger partial charge in [-0.05, 0) is 0 Å². The number of aliphatic carboxylic acids is 1. The molecule has 0 amide bonds. The van der Waals surface area contributed by atoms with Crippen LogP contribution in [0.4, 0.5) is 0 Å². The van der Waals surface area contributed by atoms with Crippen molar-refractivity contribution in [2.45, 2.75) is 0 Å². The molecule has 0 aromatic carbocycles. The lowest BCUT2D eigenvalue weighted by Gasteiger charge is -1.73. The van der Waals surface area contributed by atoms with Gasteiger partial charge in [-0.1, -0.05) is 0 Å². The summed E-state index contributed by atoms with van der Waals surface area (Å²) in [5.74, 6) is -0.593. The molecule has 6 heteroatoms. The fourth-order valence-corrected chi connectivity index (χ4v) is 0.342. The Balaban J connectivity index is 0.000000217. The Bertz CT molecular complexity index is 232. The van der Waals surface area contributed by atoms with E-state index in [1.165, 1.54) is 6.20 Å². The number of rotatable bonds is 2. The molecule has 4 N–H and O–H groups in total. The van der Waals surface area contributed by atoms with E-state index in [9.17, 15) is 9.59 Å². The normalized spacial score (nSPS) is 8.08. The molecule has 0 saturated carbocycles. The number of hydrogen-bond donors (Lipinski definition) is 3. The van der Waals surface area contributed by atoms with Crippen molar-refractivity contribution in [3.8, 4) is 0 Å². The van der Waals surface area contributed by atoms with Crippen molar-refractivity contribution in [3.63, 3.8) is 0 Å². The van der Waals surface area contributed by atoms with Crippen LogP contribution in [0.25, 0.3) is 0 Å². The number of aromatic nitrogens is 2. The van der Waals surface area contributed by atoms with Crippen LogP contribution in [0.5, 0.6) is 0 Å². The van der Waals surface area contributed by atoms with Crippen LogP contribution in [-0.2, 0) is 4.79 Å². The number of imidazole rings is 1. The lowest BCUT2D eigenvalue weighted by molar-refractivity contribution is -0.135. The number of nitrogens with zero attached hydrogens (tertiary/aromatic N) is 1. The second-order valence-electron chi connectivity index (χ2n) is 1.69. The van der Waals surface area contributed by atoms with Crippen LogP contribution in [0.15, 0.2) is 12.4 Å². The number of carboxylic acid groups (broad SMARTS) is 1. The van der Waals surface area contributed by atoms with Crippen LogP contribution in [0.1, 0.15) is 10.6 Å². The molecule has 1 aromatic rings. The van der Waals surface area contributed by atoms with Crippen molar-refractivity contribution in [1.29, 1.82) is 0 Å². The smallest absolute Gasteiger partial charge is 0.317 e. The Morgan fingerprint density at radius 2 is 2.42 bits per heavy atom. The van der Waals surface area contributed by atoms with Gasteiger partial charge < -0.3 is 15.8 Å². The second kappa shape index (κ2) is 6.05. The van der Waals surface area contributed by atoms with Crippen molar-refractivity contribution in [1.82, 2.24) is 9.97 Å². The largest absolute Gasteiger partial charge is 0.480 e. The monoisotopic (exact) mass is 171 g/mol. The number of hydrogen-bond acceptors (Lipinski definition) is 4. The molecule has 66 valence electrons. The summed E-state index contributed by atoms with van der Waals surface area (Å²) < 4.78 is 0. The fraction of sp³-hybridized carbons (Fsp3) is 0.167. The number of aldehydes is 1. The van der Waals surface area contributed by atoms with Gasteiger partial charge in [0.05, 0.1) is 6.54 Å². The Labute approximate surface area is 68.4 Å². The third kappa shape index (κ3) is 5.12. The Hall–Kier alpha value is -1.69. The molecule has 0 fully saturated rings. The third-order valence-electron chi connectivity index (χ3n) is 0.806. The molecular formula is C6H9N3O3. The van der Waals surface area contributed by atoms with E-state index in [0.29, 0.717) is 12.1 Å². The minimum atomic E-state index is -0.968. The molecule has 1 heterocycles. The lowest BCUT2D eigenvalue weighted by atomic mass is 10.7. The molecule has 0 bridgehead atoms. The highest BCUT2D eigenvalue weighted by atomic mass is 16.4. The van der Waals surface area contributed by atoms with E-state index in [-0.39, 0.29) is 6.54 Å². The molecular weight excluding hydrogens is 162 g/mol. The Morgan fingerprint density at radius 3 is 2.58 bits per heavy atom. The van der Waals surface area contributed by atoms with Crippen molar-refractivity contribution < 1.29 is 14.7 Å². The minimum Gasteiger partial charge on any atom is -0.480 e. The highest BCUT2D eigenvalue weighted by Crippen LogP contribution is 1.77. The molecule has 0 atom stereocenters. The van der Waals surface area contributed by atoms with E-state index in [2.05, 4.69) is 15.7 Å². The van der Waals surface area contributed by atoms with Crippen molar-refractivity contribution in [3.05, 3.63) is 18.2 Å². The van der Waals surface area contributed by atoms with E-state index in [0.717, 1.165) is 0 Å². The molecule has 0 unspecified atom stereocenters. The summed E-state index contributed by atoms with van der Waals surface area (Å²) in [5, 5.41) is 7.60. The predicted molar refractivity (Wildman–Crippen MR) is 40.7 cm³/mol. The van der Waals surface area contributed by atoms with Crippen LogP contribution >= 0.6 is 0 Å². The SMILES string of the molecule is NCC(=O)O.O=Cc1ncc[nH]1. The van der Waals surface area contributed by atoms with Crippen molar-refractivity contribution >= 4 is 12.3 Å². The average molecular weight is 171 g/mol. The zero-order valence-electron chi connectivity index (χ0n) is 6.23. The fourth-order valence-electron chi connectivity index (χ4n) is 0.342. The second-order valence-corrected chi connectivity index (χ2v) is 1.69. The summed E-state index contributed by atoms with van der Waals surface area (Å²) in [4.78, 5) is 25.2. The van der Waals surface area contributed by atoms with Gasteiger partial charge in [0.2, 0.25) is 0 Å². The van der Waals surface area contributed by atoms with Gasteiger partial charge in [0.1, 0.15) is 0 Å².